The van der Waals surface area contributed by atoms with E-state index in [-0.39, 0.29) is 30.3 Å². The van der Waals surface area contributed by atoms with E-state index in [0.29, 0.717) is 16.6 Å². The van der Waals surface area contributed by atoms with Gasteiger partial charge in [0, 0.05) is 34.9 Å². The Morgan fingerprint density at radius 3 is 2.29 bits per heavy atom. The van der Waals surface area contributed by atoms with Crippen LogP contribution in [0.4, 0.5) is 5.69 Å². The van der Waals surface area contributed by atoms with Gasteiger partial charge in [-0.05, 0) is 12.1 Å². The monoisotopic (exact) mass is 319 g/mol. The predicted octanol–water partition coefficient (Wildman–Crippen LogP) is 4.15. The van der Waals surface area contributed by atoms with Gasteiger partial charge < -0.3 is 10.4 Å². The lowest BCUT2D eigenvalue weighted by atomic mass is 10.1. The van der Waals surface area contributed by atoms with Crippen LogP contribution in [-0.4, -0.2) is 16.8 Å². The van der Waals surface area contributed by atoms with E-state index in [1.165, 1.54) is 0 Å². The lowest BCUT2D eigenvalue weighted by Gasteiger charge is -2.09. The fraction of sp³-hybridized carbons (Fsp3) is 0.100. The number of Topliss-reactive ketones (excluding diaryl/α,β-unsaturated/α-hetero) is 1. The highest BCUT2D eigenvalue weighted by Gasteiger charge is 2.11. The summed E-state index contributed by atoms with van der Waals surface area (Å²) in [5, 5.41) is 14.1. The molecule has 0 radical (unpaired) electrons. The number of hydrogen-bond acceptors (Lipinski definition) is 3. The van der Waals surface area contributed by atoms with Gasteiger partial charge in [-0.2, -0.15) is 0 Å². The predicted molar refractivity (Wildman–Crippen MR) is 94.2 cm³/mol. The molecule has 4 heteroatoms. The van der Waals surface area contributed by atoms with Crippen LogP contribution in [0.25, 0.3) is 10.8 Å². The molecule has 0 saturated carbocycles. The fourth-order valence-electron chi connectivity index (χ4n) is 2.61. The summed E-state index contributed by atoms with van der Waals surface area (Å²) in [6, 6.07) is 19.4. The average Bonchev–Trinajstić information content (AvgIpc) is 2.61. The van der Waals surface area contributed by atoms with Crippen LogP contribution >= 0.6 is 0 Å². The molecule has 3 rings (SSSR count). The number of nitrogens with one attached hydrogen (secondary N) is 1. The van der Waals surface area contributed by atoms with Gasteiger partial charge in [-0.25, -0.2) is 0 Å². The first-order chi connectivity index (χ1) is 11.6. The summed E-state index contributed by atoms with van der Waals surface area (Å²) in [7, 11) is 0. The van der Waals surface area contributed by atoms with Gasteiger partial charge >= 0.3 is 0 Å². The van der Waals surface area contributed by atoms with Gasteiger partial charge in [0.15, 0.2) is 5.78 Å². The number of fused-ring (bicyclic) bond motifs is 1. The molecule has 3 aromatic carbocycles. The van der Waals surface area contributed by atoms with E-state index in [2.05, 4.69) is 5.32 Å². The SMILES string of the molecule is O=C(CCC(=O)c1ccccc1)Nc1cccc2c(O)cccc12. The first kappa shape index (κ1) is 15.7. The third kappa shape index (κ3) is 3.43. The molecule has 0 aromatic heterocycles. The van der Waals surface area contributed by atoms with Gasteiger partial charge in [-0.3, -0.25) is 9.59 Å². The summed E-state index contributed by atoms with van der Waals surface area (Å²) in [5.74, 6) is -0.112. The minimum Gasteiger partial charge on any atom is -0.507 e. The number of aromatic hydroxyl groups is 1. The van der Waals surface area contributed by atoms with Crippen molar-refractivity contribution < 1.29 is 14.7 Å². The van der Waals surface area contributed by atoms with Crippen LogP contribution in [0.5, 0.6) is 5.75 Å². The number of carbonyl (C=O) groups excluding carboxylic acids is 2. The second-order valence-electron chi connectivity index (χ2n) is 5.52. The molecule has 2 N–H and O–H groups in total. The summed E-state index contributed by atoms with van der Waals surface area (Å²) in [6.07, 6.45) is 0.273. The molecule has 120 valence electrons. The van der Waals surface area contributed by atoms with Crippen molar-refractivity contribution in [3.05, 3.63) is 72.3 Å². The average molecular weight is 319 g/mol. The Morgan fingerprint density at radius 2 is 1.50 bits per heavy atom. The maximum atomic E-state index is 12.2. The molecule has 0 aliphatic carbocycles. The number of carbonyl (C=O) groups is 2. The molecule has 0 bridgehead atoms. The maximum absolute atomic E-state index is 12.2. The normalized spacial score (nSPS) is 10.5. The zero-order valence-electron chi connectivity index (χ0n) is 13.0. The van der Waals surface area contributed by atoms with Crippen LogP contribution in [0, 0.1) is 0 Å². The molecule has 0 unspecified atom stereocenters. The number of benzene rings is 3. The molecule has 0 aliphatic rings. The Labute approximate surface area is 139 Å². The Bertz CT molecular complexity index is 888. The van der Waals surface area contributed by atoms with Crippen molar-refractivity contribution in [1.29, 1.82) is 0 Å². The molecule has 0 fully saturated rings. The van der Waals surface area contributed by atoms with Crippen molar-refractivity contribution in [3.63, 3.8) is 0 Å². The van der Waals surface area contributed by atoms with Gasteiger partial charge in [0.1, 0.15) is 5.75 Å². The van der Waals surface area contributed by atoms with Crippen molar-refractivity contribution in [2.45, 2.75) is 12.8 Å². The quantitative estimate of drug-likeness (QED) is 0.694. The van der Waals surface area contributed by atoms with Crippen LogP contribution in [-0.2, 0) is 4.79 Å². The van der Waals surface area contributed by atoms with Gasteiger partial charge in [0.05, 0.1) is 0 Å². The highest BCUT2D eigenvalue weighted by molar-refractivity contribution is 6.05. The van der Waals surface area contributed by atoms with Crippen molar-refractivity contribution in [2.24, 2.45) is 0 Å². The summed E-state index contributed by atoms with van der Waals surface area (Å²) < 4.78 is 0. The van der Waals surface area contributed by atoms with Gasteiger partial charge in [0.2, 0.25) is 5.91 Å². The number of hydrogen-bond donors (Lipinski definition) is 2. The minimum absolute atomic E-state index is 0.0543. The third-order valence-corrected chi connectivity index (χ3v) is 3.85. The highest BCUT2D eigenvalue weighted by atomic mass is 16.3. The first-order valence-corrected chi connectivity index (χ1v) is 7.74. The summed E-state index contributed by atoms with van der Waals surface area (Å²) in [4.78, 5) is 24.2. The second kappa shape index (κ2) is 6.96. The number of anilines is 1. The summed E-state index contributed by atoms with van der Waals surface area (Å²) in [5.41, 5.74) is 1.24. The summed E-state index contributed by atoms with van der Waals surface area (Å²) in [6.45, 7) is 0. The second-order valence-corrected chi connectivity index (χ2v) is 5.52. The zero-order valence-corrected chi connectivity index (χ0v) is 13.0. The maximum Gasteiger partial charge on any atom is 0.224 e. The van der Waals surface area contributed by atoms with Crippen molar-refractivity contribution in [3.8, 4) is 5.75 Å². The molecule has 24 heavy (non-hydrogen) atoms. The third-order valence-electron chi connectivity index (χ3n) is 3.85. The van der Waals surface area contributed by atoms with Crippen LogP contribution < -0.4 is 5.32 Å². The van der Waals surface area contributed by atoms with Crippen molar-refractivity contribution in [1.82, 2.24) is 0 Å². The van der Waals surface area contributed by atoms with E-state index in [1.807, 2.05) is 12.1 Å². The molecule has 0 saturated heterocycles. The van der Waals surface area contributed by atoms with Gasteiger partial charge in [-0.1, -0.05) is 54.6 Å². The number of rotatable bonds is 5. The molecular weight excluding hydrogens is 302 g/mol. The Morgan fingerprint density at radius 1 is 0.792 bits per heavy atom. The van der Waals surface area contributed by atoms with Gasteiger partial charge in [-0.15, -0.1) is 0 Å². The zero-order chi connectivity index (χ0) is 16.9. The summed E-state index contributed by atoms with van der Waals surface area (Å²) >= 11 is 0. The Kier molecular flexibility index (Phi) is 4.57. The lowest BCUT2D eigenvalue weighted by Crippen LogP contribution is -2.13. The number of phenols is 1. The smallest absolute Gasteiger partial charge is 0.224 e. The Balaban J connectivity index is 1.68. The van der Waals surface area contributed by atoms with Crippen molar-refractivity contribution >= 4 is 28.2 Å². The first-order valence-electron chi connectivity index (χ1n) is 7.74. The fourth-order valence-corrected chi connectivity index (χ4v) is 2.61. The minimum atomic E-state index is -0.227. The number of ketones is 1. The van der Waals surface area contributed by atoms with E-state index >= 15 is 0 Å². The molecule has 0 atom stereocenters. The molecule has 4 nitrogen and oxygen atoms in total. The van der Waals surface area contributed by atoms with E-state index in [9.17, 15) is 14.7 Å². The molecule has 0 heterocycles. The van der Waals surface area contributed by atoms with E-state index < -0.39 is 0 Å². The van der Waals surface area contributed by atoms with Crippen LogP contribution in [0.1, 0.15) is 23.2 Å². The van der Waals surface area contributed by atoms with E-state index in [1.54, 1.807) is 54.6 Å². The van der Waals surface area contributed by atoms with Crippen LogP contribution in [0.3, 0.4) is 0 Å². The lowest BCUT2D eigenvalue weighted by molar-refractivity contribution is -0.116. The topological polar surface area (TPSA) is 66.4 Å². The number of amides is 1. The number of phenolic OH excluding ortho intramolecular Hbond substituents is 1. The molecule has 1 amide bonds. The Hall–Kier alpha value is -3.14. The molecule has 0 aliphatic heterocycles. The standard InChI is InChI=1S/C20H17NO3/c22-18(14-6-2-1-3-7-14)12-13-20(24)21-17-10-4-9-16-15(17)8-5-11-19(16)23/h1-11,23H,12-13H2,(H,21,24). The largest absolute Gasteiger partial charge is 0.507 e. The van der Waals surface area contributed by atoms with Crippen LogP contribution in [0.15, 0.2) is 66.7 Å². The highest BCUT2D eigenvalue weighted by Crippen LogP contribution is 2.29. The molecular formula is C20H17NO3. The van der Waals surface area contributed by atoms with E-state index in [0.717, 1.165) is 5.39 Å². The van der Waals surface area contributed by atoms with Gasteiger partial charge in [0.25, 0.3) is 0 Å². The van der Waals surface area contributed by atoms with E-state index in [4.69, 9.17) is 0 Å². The molecule has 3 aromatic rings. The van der Waals surface area contributed by atoms with Crippen LogP contribution in [0.2, 0.25) is 0 Å². The van der Waals surface area contributed by atoms with Crippen molar-refractivity contribution in [2.75, 3.05) is 5.32 Å². The molecule has 0 spiro atoms.